The van der Waals surface area contributed by atoms with E-state index in [0.717, 1.165) is 5.56 Å². The van der Waals surface area contributed by atoms with E-state index in [1.807, 2.05) is 12.1 Å². The number of benzene rings is 2. The first-order valence-corrected chi connectivity index (χ1v) is 8.49. The second kappa shape index (κ2) is 9.11. The average Bonchev–Trinajstić information content (AvgIpc) is 2.59. The summed E-state index contributed by atoms with van der Waals surface area (Å²) in [5, 5.41) is 0. The normalized spacial score (nSPS) is 10.4. The van der Waals surface area contributed by atoms with Crippen LogP contribution in [0.1, 0.15) is 56.6 Å². The van der Waals surface area contributed by atoms with E-state index in [0.29, 0.717) is 0 Å². The summed E-state index contributed by atoms with van der Waals surface area (Å²) in [6.07, 6.45) is 14.7. The second-order valence-corrected chi connectivity index (χ2v) is 5.94. The van der Waals surface area contributed by atoms with Crippen LogP contribution in [0, 0.1) is 12.3 Å². The van der Waals surface area contributed by atoms with Gasteiger partial charge in [0.2, 0.25) is 0 Å². The predicted octanol–water partition coefficient (Wildman–Crippen LogP) is 6.24. The summed E-state index contributed by atoms with van der Waals surface area (Å²) in [7, 11) is 0. The predicted molar refractivity (Wildman–Crippen MR) is 96.9 cm³/mol. The van der Waals surface area contributed by atoms with Gasteiger partial charge in [0.05, 0.1) is 0 Å². The third-order valence-corrected chi connectivity index (χ3v) is 4.16. The van der Waals surface area contributed by atoms with E-state index in [9.17, 15) is 0 Å². The van der Waals surface area contributed by atoms with E-state index in [2.05, 4.69) is 49.2 Å². The molecule has 0 heteroatoms. The summed E-state index contributed by atoms with van der Waals surface area (Å²) in [5.74, 6) is 2.66. The highest BCUT2D eigenvalue weighted by Gasteiger charge is 1.99. The molecule has 0 heterocycles. The minimum Gasteiger partial charge on any atom is -0.115 e. The van der Waals surface area contributed by atoms with Gasteiger partial charge in [-0.15, -0.1) is 6.42 Å². The van der Waals surface area contributed by atoms with Crippen LogP contribution in [0.3, 0.4) is 0 Å². The third-order valence-electron chi connectivity index (χ3n) is 4.16. The molecule has 0 amide bonds. The van der Waals surface area contributed by atoms with Gasteiger partial charge in [-0.1, -0.05) is 81.3 Å². The summed E-state index contributed by atoms with van der Waals surface area (Å²) in [6, 6.07) is 17.1. The minimum absolute atomic E-state index is 0.934. The Morgan fingerprint density at radius 2 is 1.27 bits per heavy atom. The van der Waals surface area contributed by atoms with Crippen molar-refractivity contribution >= 4 is 0 Å². The van der Waals surface area contributed by atoms with Gasteiger partial charge in [-0.3, -0.25) is 0 Å². The Labute approximate surface area is 135 Å². The maximum Gasteiger partial charge on any atom is 0.0243 e. The van der Waals surface area contributed by atoms with Crippen LogP contribution >= 0.6 is 0 Å². The van der Waals surface area contributed by atoms with Crippen LogP contribution in [0.2, 0.25) is 0 Å². The van der Waals surface area contributed by atoms with E-state index in [1.165, 1.54) is 61.6 Å². The van der Waals surface area contributed by atoms with E-state index in [-0.39, 0.29) is 0 Å². The van der Waals surface area contributed by atoms with Gasteiger partial charge in [0, 0.05) is 5.56 Å². The zero-order valence-electron chi connectivity index (χ0n) is 13.6. The highest BCUT2D eigenvalue weighted by atomic mass is 14.0. The van der Waals surface area contributed by atoms with Crippen molar-refractivity contribution in [1.82, 2.24) is 0 Å². The Bertz CT molecular complexity index is 581. The molecule has 0 fully saturated rings. The topological polar surface area (TPSA) is 0 Å². The molecule has 0 aromatic heterocycles. The molecule has 2 rings (SSSR count). The van der Waals surface area contributed by atoms with Gasteiger partial charge < -0.3 is 0 Å². The summed E-state index contributed by atoms with van der Waals surface area (Å²) in [5.41, 5.74) is 4.86. The van der Waals surface area contributed by atoms with Crippen LogP contribution < -0.4 is 0 Å². The van der Waals surface area contributed by atoms with Crippen molar-refractivity contribution in [3.63, 3.8) is 0 Å². The SMILES string of the molecule is C#Cc1ccc(-c2ccc(CCCCCCCC)cc2)cc1. The van der Waals surface area contributed by atoms with Crippen molar-refractivity contribution in [3.8, 4) is 23.5 Å². The van der Waals surface area contributed by atoms with Gasteiger partial charge in [0.1, 0.15) is 0 Å². The molecule has 0 atom stereocenters. The van der Waals surface area contributed by atoms with E-state index in [1.54, 1.807) is 0 Å². The van der Waals surface area contributed by atoms with Crippen LogP contribution in [-0.2, 0) is 6.42 Å². The molecule has 0 N–H and O–H groups in total. The molecule has 0 saturated carbocycles. The quantitative estimate of drug-likeness (QED) is 0.399. The Morgan fingerprint density at radius 1 is 0.727 bits per heavy atom. The van der Waals surface area contributed by atoms with Crippen LogP contribution in [-0.4, -0.2) is 0 Å². The second-order valence-electron chi connectivity index (χ2n) is 5.94. The fourth-order valence-corrected chi connectivity index (χ4v) is 2.73. The van der Waals surface area contributed by atoms with Gasteiger partial charge in [-0.25, -0.2) is 0 Å². The van der Waals surface area contributed by atoms with E-state index >= 15 is 0 Å². The highest BCUT2D eigenvalue weighted by Crippen LogP contribution is 2.21. The smallest absolute Gasteiger partial charge is 0.0243 e. The Morgan fingerprint density at radius 3 is 1.86 bits per heavy atom. The molecule has 0 spiro atoms. The Hall–Kier alpha value is -2.00. The number of unbranched alkanes of at least 4 members (excludes halogenated alkanes) is 5. The van der Waals surface area contributed by atoms with Gasteiger partial charge in [0.25, 0.3) is 0 Å². The number of rotatable bonds is 8. The standard InChI is InChI=1S/C22H26/c1-3-5-6-7-8-9-10-20-13-17-22(18-14-20)21-15-11-19(4-2)12-16-21/h2,11-18H,3,5-10H2,1H3. The van der Waals surface area contributed by atoms with Crippen molar-refractivity contribution in [1.29, 1.82) is 0 Å². The summed E-state index contributed by atoms with van der Waals surface area (Å²) in [4.78, 5) is 0. The molecular formula is C22H26. The summed E-state index contributed by atoms with van der Waals surface area (Å²) in [6.45, 7) is 2.27. The van der Waals surface area contributed by atoms with Gasteiger partial charge in [-0.2, -0.15) is 0 Å². The third kappa shape index (κ3) is 5.08. The lowest BCUT2D eigenvalue weighted by atomic mass is 10.00. The first-order chi connectivity index (χ1) is 10.8. The van der Waals surface area contributed by atoms with Gasteiger partial charge in [0.15, 0.2) is 0 Å². The van der Waals surface area contributed by atoms with Crippen LogP contribution in [0.4, 0.5) is 0 Å². The van der Waals surface area contributed by atoms with Crippen molar-refractivity contribution in [2.24, 2.45) is 0 Å². The fraction of sp³-hybridized carbons (Fsp3) is 0.364. The number of aryl methyl sites for hydroxylation is 1. The molecule has 2 aromatic carbocycles. The lowest BCUT2D eigenvalue weighted by Gasteiger charge is -2.05. The van der Waals surface area contributed by atoms with Crippen molar-refractivity contribution in [2.45, 2.75) is 51.9 Å². The lowest BCUT2D eigenvalue weighted by Crippen LogP contribution is -1.87. The van der Waals surface area contributed by atoms with Crippen LogP contribution in [0.25, 0.3) is 11.1 Å². The maximum atomic E-state index is 5.39. The molecule has 0 aliphatic rings. The first-order valence-electron chi connectivity index (χ1n) is 8.49. The molecule has 0 nitrogen and oxygen atoms in total. The van der Waals surface area contributed by atoms with Crippen molar-refractivity contribution < 1.29 is 0 Å². The fourth-order valence-electron chi connectivity index (χ4n) is 2.73. The minimum atomic E-state index is 0.934. The van der Waals surface area contributed by atoms with Crippen molar-refractivity contribution in [2.75, 3.05) is 0 Å². The zero-order chi connectivity index (χ0) is 15.6. The molecule has 0 bridgehead atoms. The molecule has 0 radical (unpaired) electrons. The zero-order valence-corrected chi connectivity index (χ0v) is 13.6. The number of hydrogen-bond acceptors (Lipinski definition) is 0. The molecule has 2 aromatic rings. The van der Waals surface area contributed by atoms with Crippen molar-refractivity contribution in [3.05, 3.63) is 59.7 Å². The molecule has 0 saturated heterocycles. The Kier molecular flexibility index (Phi) is 6.78. The Balaban J connectivity index is 1.83. The van der Waals surface area contributed by atoms with Crippen LogP contribution in [0.15, 0.2) is 48.5 Å². The number of terminal acetylenes is 1. The van der Waals surface area contributed by atoms with E-state index in [4.69, 9.17) is 6.42 Å². The summed E-state index contributed by atoms with van der Waals surface area (Å²) >= 11 is 0. The average molecular weight is 290 g/mol. The molecular weight excluding hydrogens is 264 g/mol. The van der Waals surface area contributed by atoms with Crippen LogP contribution in [0.5, 0.6) is 0 Å². The van der Waals surface area contributed by atoms with Gasteiger partial charge >= 0.3 is 0 Å². The van der Waals surface area contributed by atoms with Gasteiger partial charge in [-0.05, 0) is 41.7 Å². The maximum absolute atomic E-state index is 5.39. The lowest BCUT2D eigenvalue weighted by molar-refractivity contribution is 0.607. The summed E-state index contributed by atoms with van der Waals surface area (Å²) < 4.78 is 0. The molecule has 0 aliphatic carbocycles. The largest absolute Gasteiger partial charge is 0.115 e. The molecule has 0 aliphatic heterocycles. The molecule has 22 heavy (non-hydrogen) atoms. The van der Waals surface area contributed by atoms with E-state index < -0.39 is 0 Å². The first kappa shape index (κ1) is 16.4. The monoisotopic (exact) mass is 290 g/mol. The molecule has 114 valence electrons. The highest BCUT2D eigenvalue weighted by molar-refractivity contribution is 5.64. The molecule has 0 unspecified atom stereocenters. The number of hydrogen-bond donors (Lipinski definition) is 0.